The minimum atomic E-state index is 0.0573. The molecule has 128 valence electrons. The molecule has 5 nitrogen and oxygen atoms in total. The Kier molecular flexibility index (Phi) is 4.77. The van der Waals surface area contributed by atoms with Gasteiger partial charge in [0.25, 0.3) is 5.91 Å². The second-order valence-corrected chi connectivity index (χ2v) is 7.26. The van der Waals surface area contributed by atoms with Crippen LogP contribution in [-0.4, -0.2) is 62.5 Å². The molecule has 1 amide bonds. The summed E-state index contributed by atoms with van der Waals surface area (Å²) in [6.07, 6.45) is 3.47. The number of nitriles is 1. The van der Waals surface area contributed by atoms with Gasteiger partial charge in [0.05, 0.1) is 11.6 Å². The van der Waals surface area contributed by atoms with Gasteiger partial charge in [-0.3, -0.25) is 4.79 Å². The van der Waals surface area contributed by atoms with E-state index in [0.29, 0.717) is 23.1 Å². The summed E-state index contributed by atoms with van der Waals surface area (Å²) in [7, 11) is 6.05. The monoisotopic (exact) mass is 326 g/mol. The number of piperidine rings is 2. The van der Waals surface area contributed by atoms with Crippen molar-refractivity contribution in [2.45, 2.75) is 25.3 Å². The van der Waals surface area contributed by atoms with Gasteiger partial charge in [-0.2, -0.15) is 5.26 Å². The first-order valence-corrected chi connectivity index (χ1v) is 8.71. The van der Waals surface area contributed by atoms with Gasteiger partial charge < -0.3 is 14.7 Å². The lowest BCUT2D eigenvalue weighted by molar-refractivity contribution is 0.0317. The Morgan fingerprint density at radius 1 is 1.25 bits per heavy atom. The van der Waals surface area contributed by atoms with Crippen LogP contribution in [0.5, 0.6) is 0 Å². The summed E-state index contributed by atoms with van der Waals surface area (Å²) in [5.74, 6) is 0.635. The molecule has 24 heavy (non-hydrogen) atoms. The molecule has 0 aliphatic carbocycles. The molecule has 0 spiro atoms. The highest BCUT2D eigenvalue weighted by atomic mass is 16.2. The van der Waals surface area contributed by atoms with E-state index in [2.05, 4.69) is 18.0 Å². The Morgan fingerprint density at radius 2 is 2.04 bits per heavy atom. The highest BCUT2D eigenvalue weighted by molar-refractivity contribution is 5.95. The van der Waals surface area contributed by atoms with E-state index in [-0.39, 0.29) is 5.91 Å². The molecular formula is C19H26N4O. The lowest BCUT2D eigenvalue weighted by Gasteiger charge is -2.46. The van der Waals surface area contributed by atoms with Crippen molar-refractivity contribution in [3.63, 3.8) is 0 Å². The standard InChI is InChI=1S/C19H26N4O/c1-21(2)17-10-14(12-20)9-16(11-17)19(24)23-8-6-18-15(13-23)5-4-7-22(18)3/h9-11,15,18H,4-8,13H2,1-3H3. The fourth-order valence-corrected chi connectivity index (χ4v) is 4.08. The Morgan fingerprint density at radius 3 is 2.75 bits per heavy atom. The molecule has 1 aromatic rings. The molecule has 1 aromatic carbocycles. The predicted octanol–water partition coefficient (Wildman–Crippen LogP) is 2.18. The van der Waals surface area contributed by atoms with Crippen LogP contribution in [0.15, 0.2) is 18.2 Å². The molecule has 0 bridgehead atoms. The Labute approximate surface area is 144 Å². The van der Waals surface area contributed by atoms with Gasteiger partial charge in [-0.05, 0) is 57.0 Å². The lowest BCUT2D eigenvalue weighted by Crippen LogP contribution is -2.53. The van der Waals surface area contributed by atoms with E-state index >= 15 is 0 Å². The van der Waals surface area contributed by atoms with Gasteiger partial charge in [-0.25, -0.2) is 0 Å². The highest BCUT2D eigenvalue weighted by Gasteiger charge is 2.36. The third kappa shape index (κ3) is 3.25. The first-order chi connectivity index (χ1) is 11.5. The van der Waals surface area contributed by atoms with Crippen molar-refractivity contribution in [3.8, 4) is 6.07 Å². The number of benzene rings is 1. The fourth-order valence-electron chi connectivity index (χ4n) is 4.08. The number of nitrogens with zero attached hydrogens (tertiary/aromatic N) is 4. The number of hydrogen-bond donors (Lipinski definition) is 0. The largest absolute Gasteiger partial charge is 0.378 e. The average molecular weight is 326 g/mol. The van der Waals surface area contributed by atoms with Gasteiger partial charge in [0.1, 0.15) is 0 Å². The van der Waals surface area contributed by atoms with Crippen LogP contribution in [0.2, 0.25) is 0 Å². The smallest absolute Gasteiger partial charge is 0.253 e. The first kappa shape index (κ1) is 16.8. The summed E-state index contributed by atoms with van der Waals surface area (Å²) >= 11 is 0. The zero-order chi connectivity index (χ0) is 17.3. The number of rotatable bonds is 2. The molecule has 2 unspecified atom stereocenters. The molecule has 2 aliphatic heterocycles. The Bertz CT molecular complexity index is 664. The topological polar surface area (TPSA) is 50.6 Å². The number of carbonyl (C=O) groups is 1. The lowest BCUT2D eigenvalue weighted by atomic mass is 9.84. The summed E-state index contributed by atoms with van der Waals surface area (Å²) in [6.45, 7) is 2.81. The molecule has 2 atom stereocenters. The van der Waals surface area contributed by atoms with E-state index in [1.807, 2.05) is 36.0 Å². The number of hydrogen-bond acceptors (Lipinski definition) is 4. The van der Waals surface area contributed by atoms with Crippen molar-refractivity contribution in [2.24, 2.45) is 5.92 Å². The van der Waals surface area contributed by atoms with E-state index in [1.54, 1.807) is 6.07 Å². The highest BCUT2D eigenvalue weighted by Crippen LogP contribution is 2.30. The number of fused-ring (bicyclic) bond motifs is 1. The van der Waals surface area contributed by atoms with Crippen molar-refractivity contribution in [3.05, 3.63) is 29.3 Å². The van der Waals surface area contributed by atoms with Crippen LogP contribution in [0.25, 0.3) is 0 Å². The van der Waals surface area contributed by atoms with Crippen molar-refractivity contribution in [1.29, 1.82) is 5.26 Å². The third-order valence-electron chi connectivity index (χ3n) is 5.44. The molecule has 2 fully saturated rings. The number of carbonyl (C=O) groups excluding carboxylic acids is 1. The quantitative estimate of drug-likeness (QED) is 0.836. The Balaban J connectivity index is 1.80. The predicted molar refractivity (Wildman–Crippen MR) is 95.1 cm³/mol. The van der Waals surface area contributed by atoms with Crippen LogP contribution >= 0.6 is 0 Å². The molecular weight excluding hydrogens is 300 g/mol. The molecule has 0 radical (unpaired) electrons. The second-order valence-electron chi connectivity index (χ2n) is 7.26. The zero-order valence-electron chi connectivity index (χ0n) is 14.8. The number of likely N-dealkylation sites (tertiary alicyclic amines) is 2. The van der Waals surface area contributed by atoms with Crippen molar-refractivity contribution < 1.29 is 4.79 Å². The van der Waals surface area contributed by atoms with Gasteiger partial charge in [-0.15, -0.1) is 0 Å². The molecule has 2 heterocycles. The molecule has 0 N–H and O–H groups in total. The summed E-state index contributed by atoms with van der Waals surface area (Å²) in [5, 5.41) is 9.24. The van der Waals surface area contributed by atoms with E-state index in [4.69, 9.17) is 0 Å². The molecule has 0 aromatic heterocycles. The van der Waals surface area contributed by atoms with Crippen LogP contribution < -0.4 is 4.90 Å². The summed E-state index contributed by atoms with van der Waals surface area (Å²) in [6, 6.07) is 8.21. The minimum Gasteiger partial charge on any atom is -0.378 e. The summed E-state index contributed by atoms with van der Waals surface area (Å²) in [5.41, 5.74) is 2.06. The second kappa shape index (κ2) is 6.82. The third-order valence-corrected chi connectivity index (χ3v) is 5.44. The van der Waals surface area contributed by atoms with Crippen LogP contribution in [0.1, 0.15) is 35.2 Å². The van der Waals surface area contributed by atoms with Gasteiger partial charge in [-0.1, -0.05) is 0 Å². The summed E-state index contributed by atoms with van der Waals surface area (Å²) < 4.78 is 0. The first-order valence-electron chi connectivity index (χ1n) is 8.71. The molecule has 5 heteroatoms. The van der Waals surface area contributed by atoms with Gasteiger partial charge in [0, 0.05) is 44.5 Å². The van der Waals surface area contributed by atoms with Crippen LogP contribution in [0.4, 0.5) is 5.69 Å². The van der Waals surface area contributed by atoms with Crippen LogP contribution in [0.3, 0.4) is 0 Å². The molecule has 0 saturated carbocycles. The normalized spacial score (nSPS) is 24.2. The van der Waals surface area contributed by atoms with Crippen LogP contribution in [0, 0.1) is 17.2 Å². The molecule has 3 rings (SSSR count). The maximum Gasteiger partial charge on any atom is 0.253 e. The van der Waals surface area contributed by atoms with Gasteiger partial charge >= 0.3 is 0 Å². The van der Waals surface area contributed by atoms with Crippen molar-refractivity contribution >= 4 is 11.6 Å². The molecule has 2 aliphatic rings. The van der Waals surface area contributed by atoms with E-state index in [9.17, 15) is 10.1 Å². The maximum atomic E-state index is 13.0. The summed E-state index contributed by atoms with van der Waals surface area (Å²) in [4.78, 5) is 19.4. The van der Waals surface area contributed by atoms with Crippen molar-refractivity contribution in [2.75, 3.05) is 45.7 Å². The SMILES string of the molecule is CN(C)c1cc(C#N)cc(C(=O)N2CCC3C(CCCN3C)C2)c1. The van der Waals surface area contributed by atoms with Gasteiger partial charge in [0.2, 0.25) is 0 Å². The number of amides is 1. The minimum absolute atomic E-state index is 0.0573. The average Bonchev–Trinajstić information content (AvgIpc) is 2.60. The Hall–Kier alpha value is -2.06. The van der Waals surface area contributed by atoms with E-state index in [1.165, 1.54) is 19.4 Å². The van der Waals surface area contributed by atoms with Crippen LogP contribution in [-0.2, 0) is 0 Å². The number of anilines is 1. The van der Waals surface area contributed by atoms with E-state index < -0.39 is 0 Å². The maximum absolute atomic E-state index is 13.0. The van der Waals surface area contributed by atoms with Crippen molar-refractivity contribution in [1.82, 2.24) is 9.80 Å². The molecule has 2 saturated heterocycles. The fraction of sp³-hybridized carbons (Fsp3) is 0.579. The van der Waals surface area contributed by atoms with Gasteiger partial charge in [0.15, 0.2) is 0 Å². The van der Waals surface area contributed by atoms with E-state index in [0.717, 1.165) is 25.2 Å². The zero-order valence-corrected chi connectivity index (χ0v) is 14.8.